The van der Waals surface area contributed by atoms with Crippen LogP contribution in [0.15, 0.2) is 30.6 Å². The fourth-order valence-corrected chi connectivity index (χ4v) is 3.14. The van der Waals surface area contributed by atoms with E-state index in [2.05, 4.69) is 15.0 Å². The highest BCUT2D eigenvalue weighted by Gasteiger charge is 2.37. The predicted octanol–water partition coefficient (Wildman–Crippen LogP) is 1.02. The van der Waals surface area contributed by atoms with Crippen LogP contribution in [0.25, 0.3) is 22.6 Å². The summed E-state index contributed by atoms with van der Waals surface area (Å²) in [5, 5.41) is 19.5. The van der Waals surface area contributed by atoms with Crippen molar-refractivity contribution in [3.63, 3.8) is 0 Å². The lowest BCUT2D eigenvalue weighted by Gasteiger charge is -2.16. The molecule has 3 atom stereocenters. The molecule has 0 aliphatic carbocycles. The number of aliphatic hydroxyl groups excluding tert-OH is 2. The van der Waals surface area contributed by atoms with E-state index in [9.17, 15) is 10.2 Å². The van der Waals surface area contributed by atoms with Crippen LogP contribution in [0.1, 0.15) is 18.2 Å². The average Bonchev–Trinajstić information content (AvgIpc) is 3.16. The highest BCUT2D eigenvalue weighted by atomic mass is 16.5. The van der Waals surface area contributed by atoms with E-state index in [1.807, 2.05) is 35.8 Å². The van der Waals surface area contributed by atoms with Crippen LogP contribution in [0, 0.1) is 6.92 Å². The molecule has 1 fully saturated rings. The van der Waals surface area contributed by atoms with Gasteiger partial charge in [0.25, 0.3) is 0 Å². The van der Waals surface area contributed by atoms with Gasteiger partial charge in [-0.2, -0.15) is 0 Å². The van der Waals surface area contributed by atoms with E-state index < -0.39 is 18.4 Å². The van der Waals surface area contributed by atoms with Gasteiger partial charge in [-0.3, -0.25) is 4.57 Å². The van der Waals surface area contributed by atoms with Crippen LogP contribution in [0.4, 0.5) is 5.82 Å². The molecular weight excluding hydrogens is 322 g/mol. The minimum Gasteiger partial charge on any atom is -0.394 e. The largest absolute Gasteiger partial charge is 0.394 e. The number of hydrogen-bond acceptors (Lipinski definition) is 7. The maximum Gasteiger partial charge on any atom is 0.168 e. The van der Waals surface area contributed by atoms with Crippen molar-refractivity contribution in [2.75, 3.05) is 12.3 Å². The third kappa shape index (κ3) is 2.64. The van der Waals surface area contributed by atoms with Gasteiger partial charge in [-0.05, 0) is 6.92 Å². The second-order valence-electron chi connectivity index (χ2n) is 6.22. The van der Waals surface area contributed by atoms with E-state index in [4.69, 9.17) is 10.5 Å². The lowest BCUT2D eigenvalue weighted by atomic mass is 10.1. The molecule has 130 valence electrons. The number of fused-ring (bicyclic) bond motifs is 1. The number of nitrogen functional groups attached to an aromatic ring is 1. The number of hydrogen-bond donors (Lipinski definition) is 3. The maximum absolute atomic E-state index is 10.1. The standard InChI is InChI=1S/C17H19N5O3/c1-9-2-4-10(5-3-9)16-21-14-15(18)19-8-20-17(14)22(16)13-6-11(24)12(7-23)25-13/h2-5,8,11-13,23-24H,6-7H2,1H3,(H2,18,19,20)/t11-,12+,13+/m0/s1. The highest BCUT2D eigenvalue weighted by Crippen LogP contribution is 2.36. The predicted molar refractivity (Wildman–Crippen MR) is 91.5 cm³/mol. The molecule has 1 aliphatic rings. The van der Waals surface area contributed by atoms with Crippen molar-refractivity contribution in [3.8, 4) is 11.4 Å². The van der Waals surface area contributed by atoms with E-state index in [1.54, 1.807) is 0 Å². The van der Waals surface area contributed by atoms with Crippen LogP contribution in [0.3, 0.4) is 0 Å². The minimum atomic E-state index is -0.752. The Kier molecular flexibility index (Phi) is 3.87. The number of nitrogens with zero attached hydrogens (tertiary/aromatic N) is 4. The van der Waals surface area contributed by atoms with Crippen molar-refractivity contribution < 1.29 is 14.9 Å². The number of anilines is 1. The van der Waals surface area contributed by atoms with Crippen LogP contribution in [-0.2, 0) is 4.74 Å². The Morgan fingerprint density at radius 3 is 2.72 bits per heavy atom. The molecule has 0 saturated carbocycles. The first-order valence-corrected chi connectivity index (χ1v) is 8.08. The second kappa shape index (κ2) is 6.07. The molecule has 8 nitrogen and oxygen atoms in total. The van der Waals surface area contributed by atoms with Gasteiger partial charge < -0.3 is 20.7 Å². The van der Waals surface area contributed by atoms with Crippen molar-refractivity contribution in [3.05, 3.63) is 36.2 Å². The number of aromatic nitrogens is 4. The molecular formula is C17H19N5O3. The molecule has 0 radical (unpaired) electrons. The van der Waals surface area contributed by atoms with Gasteiger partial charge in [0, 0.05) is 12.0 Å². The van der Waals surface area contributed by atoms with Gasteiger partial charge >= 0.3 is 0 Å². The number of rotatable bonds is 3. The van der Waals surface area contributed by atoms with E-state index in [0.717, 1.165) is 11.1 Å². The van der Waals surface area contributed by atoms with Crippen molar-refractivity contribution in [2.45, 2.75) is 31.8 Å². The summed E-state index contributed by atoms with van der Waals surface area (Å²) in [6, 6.07) is 7.92. The third-order valence-corrected chi connectivity index (χ3v) is 4.49. The number of ether oxygens (including phenoxy) is 1. The summed E-state index contributed by atoms with van der Waals surface area (Å²) in [6.45, 7) is 1.76. The van der Waals surface area contributed by atoms with Crippen LogP contribution in [0.2, 0.25) is 0 Å². The molecule has 0 amide bonds. The lowest BCUT2D eigenvalue weighted by molar-refractivity contribution is -0.0426. The fourth-order valence-electron chi connectivity index (χ4n) is 3.14. The molecule has 2 aromatic heterocycles. The van der Waals surface area contributed by atoms with E-state index >= 15 is 0 Å². The Morgan fingerprint density at radius 2 is 2.04 bits per heavy atom. The topological polar surface area (TPSA) is 119 Å². The van der Waals surface area contributed by atoms with E-state index in [-0.39, 0.29) is 12.4 Å². The monoisotopic (exact) mass is 341 g/mol. The molecule has 4 rings (SSSR count). The molecule has 0 bridgehead atoms. The molecule has 0 spiro atoms. The van der Waals surface area contributed by atoms with Gasteiger partial charge in [0.1, 0.15) is 24.5 Å². The molecule has 3 aromatic rings. The zero-order chi connectivity index (χ0) is 17.6. The summed E-state index contributed by atoms with van der Waals surface area (Å²) in [5.74, 6) is 0.923. The normalized spacial score (nSPS) is 23.4. The van der Waals surface area contributed by atoms with Crippen molar-refractivity contribution >= 4 is 17.0 Å². The number of aliphatic hydroxyl groups is 2. The molecule has 25 heavy (non-hydrogen) atoms. The first kappa shape index (κ1) is 15.9. The van der Waals surface area contributed by atoms with Crippen LogP contribution < -0.4 is 5.73 Å². The molecule has 4 N–H and O–H groups in total. The summed E-state index contributed by atoms with van der Waals surface area (Å²) in [7, 11) is 0. The summed E-state index contributed by atoms with van der Waals surface area (Å²) in [5.41, 5.74) is 9.01. The van der Waals surface area contributed by atoms with Crippen LogP contribution in [0.5, 0.6) is 0 Å². The highest BCUT2D eigenvalue weighted by molar-refractivity contribution is 5.85. The summed E-state index contributed by atoms with van der Waals surface area (Å²) >= 11 is 0. The van der Waals surface area contributed by atoms with Gasteiger partial charge in [0.15, 0.2) is 17.0 Å². The zero-order valence-corrected chi connectivity index (χ0v) is 13.7. The Labute approximate surface area is 143 Å². The molecule has 3 heterocycles. The molecule has 1 aliphatic heterocycles. The molecule has 1 saturated heterocycles. The Balaban J connectivity index is 1.90. The Hall–Kier alpha value is -2.55. The van der Waals surface area contributed by atoms with E-state index in [1.165, 1.54) is 6.33 Å². The number of imidazole rings is 1. The summed E-state index contributed by atoms with van der Waals surface area (Å²) < 4.78 is 7.64. The molecule has 1 aromatic carbocycles. The lowest BCUT2D eigenvalue weighted by Crippen LogP contribution is -2.24. The Bertz CT molecular complexity index is 909. The van der Waals surface area contributed by atoms with Gasteiger partial charge in [-0.25, -0.2) is 15.0 Å². The third-order valence-electron chi connectivity index (χ3n) is 4.49. The average molecular weight is 341 g/mol. The molecule has 0 unspecified atom stereocenters. The van der Waals surface area contributed by atoms with Crippen LogP contribution >= 0.6 is 0 Å². The quantitative estimate of drug-likeness (QED) is 0.651. The number of aryl methyl sites for hydroxylation is 1. The van der Waals surface area contributed by atoms with Crippen LogP contribution in [-0.4, -0.2) is 48.5 Å². The van der Waals surface area contributed by atoms with Gasteiger partial charge in [0.2, 0.25) is 0 Å². The SMILES string of the molecule is Cc1ccc(-c2nc3c(N)ncnc3n2[C@H]2C[C@H](O)[C@@H](CO)O2)cc1. The minimum absolute atomic E-state index is 0.249. The summed E-state index contributed by atoms with van der Waals surface area (Å²) in [6.07, 6.45) is -0.170. The number of benzene rings is 1. The van der Waals surface area contributed by atoms with Crippen molar-refractivity contribution in [1.29, 1.82) is 0 Å². The van der Waals surface area contributed by atoms with Crippen molar-refractivity contribution in [1.82, 2.24) is 19.5 Å². The second-order valence-corrected chi connectivity index (χ2v) is 6.22. The van der Waals surface area contributed by atoms with Gasteiger partial charge in [-0.1, -0.05) is 29.8 Å². The Morgan fingerprint density at radius 1 is 1.28 bits per heavy atom. The fraction of sp³-hybridized carbons (Fsp3) is 0.353. The molecule has 8 heteroatoms. The van der Waals surface area contributed by atoms with Gasteiger partial charge in [-0.15, -0.1) is 0 Å². The van der Waals surface area contributed by atoms with Gasteiger partial charge in [0.05, 0.1) is 12.7 Å². The number of nitrogens with two attached hydrogens (primary N) is 1. The summed E-state index contributed by atoms with van der Waals surface area (Å²) in [4.78, 5) is 12.9. The van der Waals surface area contributed by atoms with Crippen molar-refractivity contribution in [2.24, 2.45) is 0 Å². The zero-order valence-electron chi connectivity index (χ0n) is 13.7. The first-order valence-electron chi connectivity index (χ1n) is 8.08. The first-order chi connectivity index (χ1) is 12.1. The van der Waals surface area contributed by atoms with E-state index in [0.29, 0.717) is 23.4 Å². The maximum atomic E-state index is 10.1. The smallest absolute Gasteiger partial charge is 0.168 e.